The highest BCUT2D eigenvalue weighted by atomic mass is 32.2. The Morgan fingerprint density at radius 2 is 2.05 bits per heavy atom. The standard InChI is InChI=1S/C15H15N3O2S2/c1-3-22(2)13-10-21-14(16-13)18-12-7-5-4-6-11(12)17(8-9-19)15(18)20/h3-7,9-10H,8H2,1-2H3. The van der Waals surface area contributed by atoms with Crippen LogP contribution in [-0.4, -0.2) is 32.0 Å². The van der Waals surface area contributed by atoms with Crippen LogP contribution in [0.2, 0.25) is 0 Å². The fourth-order valence-electron chi connectivity index (χ4n) is 2.27. The van der Waals surface area contributed by atoms with Gasteiger partial charge in [0.15, 0.2) is 5.13 Å². The fourth-order valence-corrected chi connectivity index (χ4v) is 4.24. The third kappa shape index (κ3) is 2.36. The number of hydrogen-bond acceptors (Lipinski definition) is 4. The molecule has 0 saturated carbocycles. The monoisotopic (exact) mass is 333 g/mol. The summed E-state index contributed by atoms with van der Waals surface area (Å²) in [6, 6.07) is 7.45. The smallest absolute Gasteiger partial charge is 0.301 e. The average molecular weight is 333 g/mol. The van der Waals surface area contributed by atoms with Gasteiger partial charge in [-0.3, -0.25) is 4.57 Å². The maximum Gasteiger partial charge on any atom is 0.335 e. The molecule has 0 radical (unpaired) electrons. The van der Waals surface area contributed by atoms with E-state index >= 15 is 0 Å². The first-order chi connectivity index (χ1) is 10.7. The van der Waals surface area contributed by atoms with Crippen LogP contribution in [0.15, 0.2) is 39.5 Å². The zero-order chi connectivity index (χ0) is 15.7. The Kier molecular flexibility index (Phi) is 4.08. The van der Waals surface area contributed by atoms with Crippen molar-refractivity contribution in [3.8, 4) is 5.13 Å². The summed E-state index contributed by atoms with van der Waals surface area (Å²) in [6.45, 7) is 2.05. The molecule has 22 heavy (non-hydrogen) atoms. The summed E-state index contributed by atoms with van der Waals surface area (Å²) < 4.78 is 3.06. The molecule has 0 aliphatic carbocycles. The first-order valence-electron chi connectivity index (χ1n) is 6.71. The number of thiazole rings is 1. The lowest BCUT2D eigenvalue weighted by molar-refractivity contribution is -0.108. The molecule has 0 fully saturated rings. The van der Waals surface area contributed by atoms with E-state index in [9.17, 15) is 9.59 Å². The quantitative estimate of drug-likeness (QED) is 0.544. The van der Waals surface area contributed by atoms with Crippen LogP contribution in [0.1, 0.15) is 6.92 Å². The molecule has 1 atom stereocenters. The van der Waals surface area contributed by atoms with Gasteiger partial charge < -0.3 is 4.79 Å². The first-order valence-corrected chi connectivity index (χ1v) is 9.29. The van der Waals surface area contributed by atoms with E-state index in [4.69, 9.17) is 0 Å². The normalized spacial score (nSPS) is 12.8. The molecule has 114 valence electrons. The number of imidazole rings is 1. The largest absolute Gasteiger partial charge is 0.335 e. The molecule has 1 unspecified atom stereocenters. The second-order valence-corrected chi connectivity index (χ2v) is 7.49. The van der Waals surface area contributed by atoms with Crippen molar-refractivity contribution < 1.29 is 4.79 Å². The number of rotatable bonds is 4. The first kappa shape index (κ1) is 14.9. The Bertz CT molecular complexity index is 934. The molecule has 2 heterocycles. The highest BCUT2D eigenvalue weighted by Crippen LogP contribution is 2.27. The zero-order valence-corrected chi connectivity index (χ0v) is 13.9. The summed E-state index contributed by atoms with van der Waals surface area (Å²) in [5.74, 6) is 0. The van der Waals surface area contributed by atoms with Gasteiger partial charge in [0.1, 0.15) is 11.3 Å². The summed E-state index contributed by atoms with van der Waals surface area (Å²) in [7, 11) is -0.0343. The highest BCUT2D eigenvalue weighted by molar-refractivity contribution is 8.14. The molecule has 0 N–H and O–H groups in total. The molecule has 3 aromatic rings. The lowest BCUT2D eigenvalue weighted by atomic mass is 10.3. The Morgan fingerprint density at radius 1 is 1.32 bits per heavy atom. The molecule has 0 amide bonds. The predicted molar refractivity (Wildman–Crippen MR) is 92.8 cm³/mol. The van der Waals surface area contributed by atoms with Gasteiger partial charge in [-0.25, -0.2) is 14.3 Å². The molecule has 5 nitrogen and oxygen atoms in total. The van der Waals surface area contributed by atoms with Crippen molar-refractivity contribution in [2.45, 2.75) is 18.5 Å². The number of aromatic nitrogens is 3. The second-order valence-electron chi connectivity index (χ2n) is 4.65. The Hall–Kier alpha value is -1.99. The van der Waals surface area contributed by atoms with E-state index in [1.807, 2.05) is 36.6 Å². The maximum atomic E-state index is 12.7. The van der Waals surface area contributed by atoms with Crippen molar-refractivity contribution >= 4 is 44.5 Å². The zero-order valence-electron chi connectivity index (χ0n) is 12.2. The molecule has 0 saturated heterocycles. The summed E-state index contributed by atoms with van der Waals surface area (Å²) in [5.41, 5.74) is 1.28. The average Bonchev–Trinajstić information content (AvgIpc) is 3.11. The number of benzene rings is 1. The van der Waals surface area contributed by atoms with Crippen molar-refractivity contribution in [1.82, 2.24) is 14.1 Å². The van der Waals surface area contributed by atoms with Gasteiger partial charge in [-0.15, -0.1) is 21.8 Å². The van der Waals surface area contributed by atoms with Crippen molar-refractivity contribution in [2.24, 2.45) is 0 Å². The van der Waals surface area contributed by atoms with E-state index in [0.717, 1.165) is 22.3 Å². The van der Waals surface area contributed by atoms with Crippen LogP contribution in [0.3, 0.4) is 0 Å². The minimum absolute atomic E-state index is 0.0343. The van der Waals surface area contributed by atoms with Gasteiger partial charge in [0.25, 0.3) is 0 Å². The van der Waals surface area contributed by atoms with Crippen LogP contribution in [0.5, 0.6) is 0 Å². The van der Waals surface area contributed by atoms with Crippen molar-refractivity contribution in [1.29, 1.82) is 0 Å². The summed E-state index contributed by atoms with van der Waals surface area (Å²) >= 11 is 1.44. The summed E-state index contributed by atoms with van der Waals surface area (Å²) in [6.07, 6.45) is 2.83. The van der Waals surface area contributed by atoms with E-state index in [1.165, 1.54) is 15.9 Å². The van der Waals surface area contributed by atoms with Gasteiger partial charge in [0, 0.05) is 5.38 Å². The van der Waals surface area contributed by atoms with Gasteiger partial charge in [0.2, 0.25) is 0 Å². The molecule has 0 spiro atoms. The van der Waals surface area contributed by atoms with Crippen molar-refractivity contribution in [2.75, 3.05) is 6.26 Å². The van der Waals surface area contributed by atoms with Crippen molar-refractivity contribution in [3.05, 3.63) is 40.1 Å². The molecule has 0 aliphatic rings. The number of fused-ring (bicyclic) bond motifs is 1. The Labute approximate surface area is 133 Å². The number of para-hydroxylation sites is 2. The number of carbonyl (C=O) groups excluding carboxylic acids is 1. The van der Waals surface area contributed by atoms with Gasteiger partial charge in [-0.05, 0) is 25.3 Å². The van der Waals surface area contributed by atoms with E-state index in [-0.39, 0.29) is 22.7 Å². The van der Waals surface area contributed by atoms with Crippen LogP contribution < -0.4 is 5.69 Å². The van der Waals surface area contributed by atoms with E-state index in [1.54, 1.807) is 4.57 Å². The number of carbonyl (C=O) groups is 1. The number of aldehydes is 1. The summed E-state index contributed by atoms with van der Waals surface area (Å²) in [5, 5.41) is 5.69. The van der Waals surface area contributed by atoms with Gasteiger partial charge >= 0.3 is 5.69 Å². The predicted octanol–water partition coefficient (Wildman–Crippen LogP) is 2.53. The molecule has 0 bridgehead atoms. The highest BCUT2D eigenvalue weighted by Gasteiger charge is 2.16. The van der Waals surface area contributed by atoms with Crippen LogP contribution in [0, 0.1) is 0 Å². The SMILES string of the molecule is C/C=S(/C)c1csc(-n2c(=O)n(CC=O)c3ccccc32)n1. The molecule has 3 rings (SSSR count). The molecule has 2 aromatic heterocycles. The molecule has 0 aliphatic heterocycles. The minimum Gasteiger partial charge on any atom is -0.301 e. The minimum atomic E-state index is -0.231. The molecule has 7 heteroatoms. The van der Waals surface area contributed by atoms with Crippen LogP contribution in [-0.2, 0) is 11.3 Å². The Morgan fingerprint density at radius 3 is 2.73 bits per heavy atom. The maximum absolute atomic E-state index is 12.7. The van der Waals surface area contributed by atoms with E-state index in [0.29, 0.717) is 5.13 Å². The van der Waals surface area contributed by atoms with Crippen LogP contribution >= 0.6 is 21.8 Å². The van der Waals surface area contributed by atoms with Crippen LogP contribution in [0.25, 0.3) is 16.2 Å². The van der Waals surface area contributed by atoms with Gasteiger partial charge in [0.05, 0.1) is 17.6 Å². The van der Waals surface area contributed by atoms with Gasteiger partial charge in [-0.2, -0.15) is 0 Å². The summed E-state index contributed by atoms with van der Waals surface area (Å²) in [4.78, 5) is 28.1. The Balaban J connectivity index is 2.27. The lowest BCUT2D eigenvalue weighted by Gasteiger charge is -1.98. The fraction of sp³-hybridized carbons (Fsp3) is 0.200. The molecular formula is C15H15N3O2S2. The van der Waals surface area contributed by atoms with Crippen molar-refractivity contribution in [3.63, 3.8) is 0 Å². The third-order valence-corrected chi connectivity index (χ3v) is 5.99. The lowest BCUT2D eigenvalue weighted by Crippen LogP contribution is -2.23. The number of hydrogen-bond donors (Lipinski definition) is 0. The number of nitrogens with zero attached hydrogens (tertiary/aromatic N) is 3. The van der Waals surface area contributed by atoms with Crippen LogP contribution in [0.4, 0.5) is 0 Å². The van der Waals surface area contributed by atoms with E-state index in [2.05, 4.69) is 16.6 Å². The second kappa shape index (κ2) is 6.02. The molecule has 1 aromatic carbocycles. The van der Waals surface area contributed by atoms with Gasteiger partial charge in [-0.1, -0.05) is 17.5 Å². The van der Waals surface area contributed by atoms with E-state index < -0.39 is 0 Å². The third-order valence-electron chi connectivity index (χ3n) is 3.44. The topological polar surface area (TPSA) is 56.9 Å². The molecular weight excluding hydrogens is 318 g/mol.